The molecule has 1 aliphatic rings. The van der Waals surface area contributed by atoms with Gasteiger partial charge in [0.2, 0.25) is 0 Å². The van der Waals surface area contributed by atoms with E-state index in [0.29, 0.717) is 18.5 Å². The molecular formula is C19H33Cl2N3O. The zero-order valence-corrected chi connectivity index (χ0v) is 17.2. The summed E-state index contributed by atoms with van der Waals surface area (Å²) in [6.45, 7) is 9.21. The monoisotopic (exact) mass is 389 g/mol. The van der Waals surface area contributed by atoms with E-state index >= 15 is 0 Å². The summed E-state index contributed by atoms with van der Waals surface area (Å²) in [4.78, 5) is 14.8. The first kappa shape index (κ1) is 24.2. The van der Waals surface area contributed by atoms with Crippen molar-refractivity contribution in [1.29, 1.82) is 0 Å². The van der Waals surface area contributed by atoms with Crippen LogP contribution in [-0.2, 0) is 6.54 Å². The van der Waals surface area contributed by atoms with Gasteiger partial charge in [-0.2, -0.15) is 0 Å². The van der Waals surface area contributed by atoms with Gasteiger partial charge in [0, 0.05) is 24.2 Å². The molecule has 1 saturated carbocycles. The first-order chi connectivity index (χ1) is 11.0. The van der Waals surface area contributed by atoms with Gasteiger partial charge in [0.1, 0.15) is 0 Å². The minimum Gasteiger partial charge on any atom is -0.349 e. The van der Waals surface area contributed by atoms with Gasteiger partial charge in [-0.15, -0.1) is 24.8 Å². The second kappa shape index (κ2) is 11.7. The second-order valence-electron chi connectivity index (χ2n) is 6.86. The van der Waals surface area contributed by atoms with Gasteiger partial charge in [-0.3, -0.25) is 9.69 Å². The summed E-state index contributed by atoms with van der Waals surface area (Å²) in [7, 11) is 0. The normalized spacial score (nSPS) is 19.4. The van der Waals surface area contributed by atoms with Crippen molar-refractivity contribution in [2.45, 2.75) is 58.7 Å². The maximum absolute atomic E-state index is 12.4. The number of nitrogens with one attached hydrogen (secondary N) is 1. The van der Waals surface area contributed by atoms with Gasteiger partial charge in [0.25, 0.3) is 5.91 Å². The summed E-state index contributed by atoms with van der Waals surface area (Å²) in [6, 6.07) is 8.77. The van der Waals surface area contributed by atoms with Crippen molar-refractivity contribution < 1.29 is 4.79 Å². The second-order valence-corrected chi connectivity index (χ2v) is 6.86. The Labute approximate surface area is 164 Å². The molecule has 25 heavy (non-hydrogen) atoms. The Morgan fingerprint density at radius 3 is 2.40 bits per heavy atom. The third-order valence-corrected chi connectivity index (χ3v) is 5.02. The van der Waals surface area contributed by atoms with E-state index in [1.807, 2.05) is 12.1 Å². The highest BCUT2D eigenvalue weighted by Crippen LogP contribution is 2.24. The molecule has 1 fully saturated rings. The number of halogens is 2. The van der Waals surface area contributed by atoms with E-state index in [-0.39, 0.29) is 36.8 Å². The number of hydrogen-bond acceptors (Lipinski definition) is 3. The zero-order chi connectivity index (χ0) is 16.8. The molecule has 0 heterocycles. The van der Waals surface area contributed by atoms with Crippen LogP contribution in [0.15, 0.2) is 24.3 Å². The van der Waals surface area contributed by atoms with E-state index in [4.69, 9.17) is 5.73 Å². The van der Waals surface area contributed by atoms with E-state index in [1.54, 1.807) is 0 Å². The van der Waals surface area contributed by atoms with Crippen molar-refractivity contribution in [1.82, 2.24) is 10.2 Å². The lowest BCUT2D eigenvalue weighted by Crippen LogP contribution is -2.39. The van der Waals surface area contributed by atoms with Gasteiger partial charge in [0.15, 0.2) is 0 Å². The van der Waals surface area contributed by atoms with Crippen LogP contribution >= 0.6 is 24.8 Å². The van der Waals surface area contributed by atoms with Crippen LogP contribution in [0.5, 0.6) is 0 Å². The summed E-state index contributed by atoms with van der Waals surface area (Å²) >= 11 is 0. The van der Waals surface area contributed by atoms with E-state index in [9.17, 15) is 4.79 Å². The maximum atomic E-state index is 12.4. The molecule has 4 nitrogen and oxygen atoms in total. The quantitative estimate of drug-likeness (QED) is 0.748. The van der Waals surface area contributed by atoms with Crippen molar-refractivity contribution in [3.63, 3.8) is 0 Å². The highest BCUT2D eigenvalue weighted by molar-refractivity contribution is 5.94. The molecule has 0 bridgehead atoms. The summed E-state index contributed by atoms with van der Waals surface area (Å²) in [5.74, 6) is 0.459. The lowest BCUT2D eigenvalue weighted by atomic mass is 10.0. The highest BCUT2D eigenvalue weighted by Gasteiger charge is 2.27. The van der Waals surface area contributed by atoms with Crippen molar-refractivity contribution in [2.75, 3.05) is 13.1 Å². The molecule has 0 aliphatic heterocycles. The molecule has 0 radical (unpaired) electrons. The number of carbonyl (C=O) groups is 1. The molecule has 2 rings (SSSR count). The van der Waals surface area contributed by atoms with Crippen molar-refractivity contribution >= 4 is 30.7 Å². The van der Waals surface area contributed by atoms with Crippen molar-refractivity contribution in [2.24, 2.45) is 11.7 Å². The Bertz CT molecular complexity index is 508. The van der Waals surface area contributed by atoms with E-state index in [0.717, 1.165) is 37.9 Å². The largest absolute Gasteiger partial charge is 0.349 e. The first-order valence-electron chi connectivity index (χ1n) is 8.89. The number of nitrogens with zero attached hydrogens (tertiary/aromatic N) is 1. The summed E-state index contributed by atoms with van der Waals surface area (Å²) < 4.78 is 0. The third-order valence-electron chi connectivity index (χ3n) is 5.02. The van der Waals surface area contributed by atoms with Gasteiger partial charge in [0.05, 0.1) is 0 Å². The number of nitrogens with two attached hydrogens (primary N) is 1. The van der Waals surface area contributed by atoms with E-state index in [2.05, 4.69) is 43.1 Å². The van der Waals surface area contributed by atoms with Crippen LogP contribution in [0.4, 0.5) is 0 Å². The Balaban J connectivity index is 0.00000288. The summed E-state index contributed by atoms with van der Waals surface area (Å²) in [5.41, 5.74) is 7.77. The number of hydrogen-bond donors (Lipinski definition) is 2. The molecule has 3 N–H and O–H groups in total. The SMILES string of the molecule is CCN(Cc1ccc(C(=O)NC2CCCC2CN)cc1)C(C)C.Cl.Cl. The molecule has 2 atom stereocenters. The Kier molecular flexibility index (Phi) is 11.4. The maximum Gasteiger partial charge on any atom is 0.251 e. The predicted molar refractivity (Wildman–Crippen MR) is 110 cm³/mol. The molecule has 1 aliphatic carbocycles. The Hall–Kier alpha value is -0.810. The zero-order valence-electron chi connectivity index (χ0n) is 15.5. The highest BCUT2D eigenvalue weighted by atomic mass is 35.5. The van der Waals surface area contributed by atoms with Gasteiger partial charge in [-0.25, -0.2) is 0 Å². The molecule has 2 unspecified atom stereocenters. The number of carbonyl (C=O) groups excluding carboxylic acids is 1. The van der Waals surface area contributed by atoms with Crippen LogP contribution < -0.4 is 11.1 Å². The van der Waals surface area contributed by atoms with Crippen LogP contribution in [0.3, 0.4) is 0 Å². The fourth-order valence-electron chi connectivity index (χ4n) is 3.42. The summed E-state index contributed by atoms with van der Waals surface area (Å²) in [6.07, 6.45) is 3.34. The topological polar surface area (TPSA) is 58.4 Å². The molecular weight excluding hydrogens is 357 g/mol. The van der Waals surface area contributed by atoms with Crippen LogP contribution in [0.25, 0.3) is 0 Å². The first-order valence-corrected chi connectivity index (χ1v) is 8.89. The van der Waals surface area contributed by atoms with E-state index < -0.39 is 0 Å². The summed E-state index contributed by atoms with van der Waals surface area (Å²) in [5, 5.41) is 3.16. The van der Waals surface area contributed by atoms with E-state index in [1.165, 1.54) is 5.56 Å². The molecule has 0 saturated heterocycles. The molecule has 1 aromatic carbocycles. The van der Waals surface area contributed by atoms with Crippen LogP contribution in [0, 0.1) is 5.92 Å². The predicted octanol–water partition coefficient (Wildman–Crippen LogP) is 3.62. The smallest absolute Gasteiger partial charge is 0.251 e. The van der Waals surface area contributed by atoms with Crippen LogP contribution in [0.2, 0.25) is 0 Å². The molecule has 6 heteroatoms. The van der Waals surface area contributed by atoms with Gasteiger partial charge in [-0.1, -0.05) is 25.5 Å². The standard InChI is InChI=1S/C19H31N3O.2ClH/c1-4-22(14(2)3)13-15-8-10-16(11-9-15)19(23)21-18-7-5-6-17(18)12-20;;/h8-11,14,17-18H,4-7,12-13,20H2,1-3H3,(H,21,23);2*1H. The lowest BCUT2D eigenvalue weighted by Gasteiger charge is -2.24. The van der Waals surface area contributed by atoms with Crippen LogP contribution in [0.1, 0.15) is 56.0 Å². The number of rotatable bonds is 7. The minimum absolute atomic E-state index is 0. The average molecular weight is 390 g/mol. The molecule has 1 aromatic rings. The minimum atomic E-state index is 0. The lowest BCUT2D eigenvalue weighted by molar-refractivity contribution is 0.0928. The Morgan fingerprint density at radius 2 is 1.88 bits per heavy atom. The number of amides is 1. The molecule has 0 spiro atoms. The Morgan fingerprint density at radius 1 is 1.24 bits per heavy atom. The molecule has 1 amide bonds. The molecule has 144 valence electrons. The van der Waals surface area contributed by atoms with Gasteiger partial charge < -0.3 is 11.1 Å². The van der Waals surface area contributed by atoms with Crippen molar-refractivity contribution in [3.8, 4) is 0 Å². The number of benzene rings is 1. The van der Waals surface area contributed by atoms with Crippen molar-refractivity contribution in [3.05, 3.63) is 35.4 Å². The fraction of sp³-hybridized carbons (Fsp3) is 0.632. The third kappa shape index (κ3) is 6.78. The van der Waals surface area contributed by atoms with Gasteiger partial charge >= 0.3 is 0 Å². The average Bonchev–Trinajstić information content (AvgIpc) is 2.99. The van der Waals surface area contributed by atoms with Crippen LogP contribution in [-0.4, -0.2) is 36.0 Å². The molecule has 0 aromatic heterocycles. The fourth-order valence-corrected chi connectivity index (χ4v) is 3.42. The van der Waals surface area contributed by atoms with Gasteiger partial charge in [-0.05, 0) is 63.4 Å².